The lowest BCUT2D eigenvalue weighted by atomic mass is 9.44. The maximum atomic E-state index is 13.3. The molecule has 9 rings (SSSR count). The van der Waals surface area contributed by atoms with E-state index < -0.39 is 46.4 Å². The van der Waals surface area contributed by atoms with Crippen LogP contribution in [0.25, 0.3) is 10.9 Å². The lowest BCUT2D eigenvalue weighted by molar-refractivity contribution is -0.161. The summed E-state index contributed by atoms with van der Waals surface area (Å²) in [6, 6.07) is 17.5. The van der Waals surface area contributed by atoms with E-state index in [2.05, 4.69) is 60.9 Å². The lowest BCUT2D eigenvalue weighted by Crippen LogP contribution is -2.64. The summed E-state index contributed by atoms with van der Waals surface area (Å²) in [4.78, 5) is 78.7. The molecule has 15 nitrogen and oxygen atoms in total. The van der Waals surface area contributed by atoms with Crippen molar-refractivity contribution >= 4 is 46.3 Å². The van der Waals surface area contributed by atoms with Crippen LogP contribution in [-0.2, 0) is 9.59 Å². The van der Waals surface area contributed by atoms with Gasteiger partial charge in [0.05, 0.1) is 33.5 Å². The van der Waals surface area contributed by atoms with Crippen molar-refractivity contribution in [2.45, 2.75) is 96.4 Å². The van der Waals surface area contributed by atoms with Crippen molar-refractivity contribution in [2.24, 2.45) is 22.5 Å². The third kappa shape index (κ3) is 7.23. The molecule has 4 fully saturated rings. The number of pyridine rings is 2. The predicted octanol–water partition coefficient (Wildman–Crippen LogP) is 5.36. The maximum Gasteiger partial charge on any atom is 0.262 e. The summed E-state index contributed by atoms with van der Waals surface area (Å²) in [5.41, 5.74) is 7.78. The average Bonchev–Trinajstić information content (AvgIpc) is 3.48. The van der Waals surface area contributed by atoms with Crippen LogP contribution in [0.2, 0.25) is 0 Å². The number of rotatable bonds is 11. The molecule has 2 aliphatic carbocycles. The molecule has 4 aromatic rings. The highest BCUT2D eigenvalue weighted by Crippen LogP contribution is 2.65. The summed E-state index contributed by atoms with van der Waals surface area (Å²) in [6.45, 7) is 11.2. The molecular formula is C48H52N8O7. The second-order valence-corrected chi connectivity index (χ2v) is 19.1. The molecule has 63 heavy (non-hydrogen) atoms. The minimum atomic E-state index is -1.01. The van der Waals surface area contributed by atoms with Gasteiger partial charge in [-0.15, -0.1) is 0 Å². The van der Waals surface area contributed by atoms with Crippen LogP contribution in [0.5, 0.6) is 11.5 Å². The van der Waals surface area contributed by atoms with Crippen LogP contribution in [0, 0.1) is 28.1 Å². The number of carbonyl (C=O) groups excluding carboxylic acids is 5. The monoisotopic (exact) mass is 852 g/mol. The zero-order chi connectivity index (χ0) is 44.5. The van der Waals surface area contributed by atoms with Crippen molar-refractivity contribution in [1.82, 2.24) is 25.1 Å². The van der Waals surface area contributed by atoms with Crippen LogP contribution >= 0.6 is 0 Å². The van der Waals surface area contributed by atoms with E-state index in [1.807, 2.05) is 30.3 Å². The van der Waals surface area contributed by atoms with Crippen LogP contribution in [0.3, 0.4) is 0 Å². The smallest absolute Gasteiger partial charge is 0.262 e. The molecule has 326 valence electrons. The fourth-order valence-corrected chi connectivity index (χ4v) is 11.3. The number of nitrogens with zero attached hydrogens (tertiary/aromatic N) is 6. The van der Waals surface area contributed by atoms with Gasteiger partial charge in [0.1, 0.15) is 41.6 Å². The number of nitriles is 1. The van der Waals surface area contributed by atoms with E-state index in [4.69, 9.17) is 20.2 Å². The highest BCUT2D eigenvalue weighted by atomic mass is 16.5. The number of imide groups is 2. The Morgan fingerprint density at radius 2 is 1.68 bits per heavy atom. The van der Waals surface area contributed by atoms with E-state index in [-0.39, 0.29) is 42.1 Å². The summed E-state index contributed by atoms with van der Waals surface area (Å²) in [7, 11) is 2.16. The van der Waals surface area contributed by atoms with Crippen molar-refractivity contribution < 1.29 is 33.4 Å². The van der Waals surface area contributed by atoms with Crippen LogP contribution in [-0.4, -0.2) is 100 Å². The Bertz CT molecular complexity index is 2590. The van der Waals surface area contributed by atoms with Gasteiger partial charge in [-0.2, -0.15) is 5.26 Å². The van der Waals surface area contributed by atoms with Crippen LogP contribution in [0.15, 0.2) is 60.8 Å². The van der Waals surface area contributed by atoms with E-state index in [1.54, 1.807) is 30.5 Å². The molecular weight excluding hydrogens is 801 g/mol. The molecule has 2 saturated carbocycles. The first-order valence-electron chi connectivity index (χ1n) is 21.8. The molecule has 5 heterocycles. The van der Waals surface area contributed by atoms with Crippen molar-refractivity contribution in [3.05, 3.63) is 88.7 Å². The second-order valence-electron chi connectivity index (χ2n) is 19.1. The number of piperidine rings is 2. The summed E-state index contributed by atoms with van der Waals surface area (Å²) in [6.07, 6.45) is 5.24. The number of hydrogen-bond donors (Lipinski definition) is 2. The van der Waals surface area contributed by atoms with Crippen molar-refractivity contribution in [3.63, 3.8) is 0 Å². The molecule has 0 radical (unpaired) electrons. The van der Waals surface area contributed by atoms with E-state index in [0.29, 0.717) is 45.8 Å². The van der Waals surface area contributed by atoms with Crippen LogP contribution < -0.4 is 25.4 Å². The van der Waals surface area contributed by atoms with Gasteiger partial charge in [-0.3, -0.25) is 39.2 Å². The molecule has 3 aliphatic heterocycles. The third-order valence-corrected chi connectivity index (χ3v) is 14.3. The Labute approximate surface area is 365 Å². The van der Waals surface area contributed by atoms with Crippen LogP contribution in [0.1, 0.15) is 114 Å². The van der Waals surface area contributed by atoms with Gasteiger partial charge in [-0.25, -0.2) is 4.98 Å². The molecule has 0 spiro atoms. The molecule has 5 amide bonds. The van der Waals surface area contributed by atoms with E-state index in [0.717, 1.165) is 61.4 Å². The van der Waals surface area contributed by atoms with Gasteiger partial charge in [0, 0.05) is 73.3 Å². The number of aromatic nitrogens is 2. The number of primary amides is 1. The first-order valence-corrected chi connectivity index (χ1v) is 21.8. The molecule has 15 heteroatoms. The Morgan fingerprint density at radius 1 is 0.952 bits per heavy atom. The predicted molar refractivity (Wildman–Crippen MR) is 232 cm³/mol. The molecule has 1 unspecified atom stereocenters. The molecule has 2 aromatic heterocycles. The highest BCUT2D eigenvalue weighted by molar-refractivity contribution is 6.23. The summed E-state index contributed by atoms with van der Waals surface area (Å²) in [5, 5.41) is 12.7. The zero-order valence-corrected chi connectivity index (χ0v) is 36.2. The topological polar surface area (TPSA) is 201 Å². The number of amides is 5. The van der Waals surface area contributed by atoms with Gasteiger partial charge in [0.25, 0.3) is 17.7 Å². The van der Waals surface area contributed by atoms with Gasteiger partial charge in [0.15, 0.2) is 0 Å². The van der Waals surface area contributed by atoms with E-state index in [1.165, 1.54) is 0 Å². The maximum absolute atomic E-state index is 13.3. The summed E-state index contributed by atoms with van der Waals surface area (Å²) < 4.78 is 13.0. The quantitative estimate of drug-likeness (QED) is 0.183. The molecule has 2 aromatic carbocycles. The number of ether oxygens (including phenoxy) is 2. The molecule has 0 bridgehead atoms. The number of fused-ring (bicyclic) bond motifs is 2. The Hall–Kier alpha value is -6.40. The summed E-state index contributed by atoms with van der Waals surface area (Å²) >= 11 is 0. The van der Waals surface area contributed by atoms with Gasteiger partial charge < -0.3 is 25.0 Å². The van der Waals surface area contributed by atoms with Gasteiger partial charge >= 0.3 is 0 Å². The number of hydrogen-bond acceptors (Lipinski definition) is 12. The number of nitrogens with two attached hydrogens (primary N) is 1. The largest absolute Gasteiger partial charge is 0.490 e. The van der Waals surface area contributed by atoms with Crippen LogP contribution in [0.4, 0.5) is 5.82 Å². The Balaban J connectivity index is 0.796. The zero-order valence-electron chi connectivity index (χ0n) is 36.2. The van der Waals surface area contributed by atoms with Crippen molar-refractivity contribution in [3.8, 4) is 17.6 Å². The lowest BCUT2D eigenvalue weighted by Gasteiger charge is -2.63. The van der Waals surface area contributed by atoms with Gasteiger partial charge in [-0.1, -0.05) is 27.7 Å². The van der Waals surface area contributed by atoms with Gasteiger partial charge in [-0.05, 0) is 86.8 Å². The van der Waals surface area contributed by atoms with Crippen molar-refractivity contribution in [2.75, 3.05) is 31.6 Å². The first-order chi connectivity index (χ1) is 30.1. The molecule has 3 N–H and O–H groups in total. The number of benzene rings is 2. The van der Waals surface area contributed by atoms with E-state index >= 15 is 0 Å². The third-order valence-electron chi connectivity index (χ3n) is 14.3. The fourth-order valence-electron chi connectivity index (χ4n) is 11.3. The number of carbonyl (C=O) groups is 5. The SMILES string of the molecule is CN(CC1CCN(c2ccc(C(N)=O)c([C@H]3C(C)(C)[C@H](Oc4ccc(C#N)c5ncccc45)C3(C)C)n2)CC1)[C@H]1C[C@H](Oc2ccc3c(c2)C(=O)N(C2CCC(=O)NC2=O)C3=O)C1. The Morgan fingerprint density at radius 3 is 2.38 bits per heavy atom. The standard InChI is InChI=1S/C48H52N8O7/c1-47(2)41(48(3,4)46(47)63-36-13-8-27(24-49)39-32(36)7-6-18-51-39)40-33(42(50)58)11-14-37(52-40)55-19-16-26(17-20-55)25-54(5)28-21-30(22-28)62-29-9-10-31-34(23-29)45(61)56(44(31)60)35-12-15-38(57)53-43(35)59/h6-11,13-14,18,23,26,28,30,35,41,46H,12,15-17,19-22,25H2,1-5H3,(H2,50,58)(H,53,57,59)/t28-,30-,35?,41-,46-. The normalized spacial score (nSPS) is 25.3. The number of nitrogens with one attached hydrogen (secondary N) is 1. The summed E-state index contributed by atoms with van der Waals surface area (Å²) in [5.74, 6) is -0.274. The second kappa shape index (κ2) is 15.7. The molecule has 5 aliphatic rings. The molecule has 2 saturated heterocycles. The fraction of sp³-hybridized carbons (Fsp3) is 0.458. The highest BCUT2D eigenvalue weighted by Gasteiger charge is 2.65. The minimum Gasteiger partial charge on any atom is -0.490 e. The van der Waals surface area contributed by atoms with Crippen molar-refractivity contribution in [1.29, 1.82) is 5.26 Å². The molecule has 1 atom stereocenters. The average molecular weight is 853 g/mol. The Kier molecular flexibility index (Phi) is 10.5. The van der Waals surface area contributed by atoms with E-state index in [9.17, 15) is 29.2 Å². The van der Waals surface area contributed by atoms with Gasteiger partial charge in [0.2, 0.25) is 11.8 Å². The first kappa shape index (κ1) is 41.9. The number of anilines is 1. The minimum absolute atomic E-state index is 0.0277.